The summed E-state index contributed by atoms with van der Waals surface area (Å²) in [6, 6.07) is 0. The Morgan fingerprint density at radius 1 is 1.15 bits per heavy atom. The molecule has 1 heterocycles. The van der Waals surface area contributed by atoms with Gasteiger partial charge in [0, 0.05) is 7.05 Å². The SMILES string of the molecule is CC.CNc1cnc(C(C)C)cn1. The Kier molecular flexibility index (Phi) is 5.85. The molecule has 3 heteroatoms. The summed E-state index contributed by atoms with van der Waals surface area (Å²) in [4.78, 5) is 8.37. The van der Waals surface area contributed by atoms with Crippen molar-refractivity contribution in [1.82, 2.24) is 9.97 Å². The van der Waals surface area contributed by atoms with E-state index in [1.165, 1.54) is 0 Å². The molecule has 0 aliphatic carbocycles. The van der Waals surface area contributed by atoms with Crippen molar-refractivity contribution in [2.24, 2.45) is 0 Å². The first kappa shape index (κ1) is 11.9. The van der Waals surface area contributed by atoms with Crippen molar-refractivity contribution in [3.8, 4) is 0 Å². The lowest BCUT2D eigenvalue weighted by molar-refractivity contribution is 0.812. The fraction of sp³-hybridized carbons (Fsp3) is 0.600. The van der Waals surface area contributed by atoms with Crippen LogP contribution in [-0.4, -0.2) is 17.0 Å². The van der Waals surface area contributed by atoms with Crippen molar-refractivity contribution < 1.29 is 0 Å². The van der Waals surface area contributed by atoms with E-state index in [1.54, 1.807) is 12.4 Å². The van der Waals surface area contributed by atoms with Crippen molar-refractivity contribution in [3.63, 3.8) is 0 Å². The van der Waals surface area contributed by atoms with E-state index in [-0.39, 0.29) is 0 Å². The quantitative estimate of drug-likeness (QED) is 0.762. The number of aromatic nitrogens is 2. The summed E-state index contributed by atoms with van der Waals surface area (Å²) in [5.41, 5.74) is 1.03. The van der Waals surface area contributed by atoms with Gasteiger partial charge in [-0.1, -0.05) is 27.7 Å². The lowest BCUT2D eigenvalue weighted by atomic mass is 10.1. The summed E-state index contributed by atoms with van der Waals surface area (Å²) in [6.07, 6.45) is 3.55. The molecule has 0 bridgehead atoms. The predicted molar refractivity (Wildman–Crippen MR) is 57.0 cm³/mol. The van der Waals surface area contributed by atoms with Crippen LogP contribution in [0.5, 0.6) is 0 Å². The summed E-state index contributed by atoms with van der Waals surface area (Å²) in [5.74, 6) is 1.27. The van der Waals surface area contributed by atoms with Crippen molar-refractivity contribution in [1.29, 1.82) is 0 Å². The fourth-order valence-electron chi connectivity index (χ4n) is 0.765. The summed E-state index contributed by atoms with van der Waals surface area (Å²) in [6.45, 7) is 8.20. The van der Waals surface area contributed by atoms with Crippen LogP contribution in [-0.2, 0) is 0 Å². The maximum Gasteiger partial charge on any atom is 0.144 e. The van der Waals surface area contributed by atoms with Gasteiger partial charge in [0.1, 0.15) is 5.82 Å². The third-order valence-electron chi connectivity index (χ3n) is 1.52. The van der Waals surface area contributed by atoms with Gasteiger partial charge < -0.3 is 5.32 Å². The molecule has 1 aromatic rings. The first-order chi connectivity index (χ1) is 6.24. The molecule has 0 saturated heterocycles. The molecule has 1 N–H and O–H groups in total. The van der Waals surface area contributed by atoms with Gasteiger partial charge >= 0.3 is 0 Å². The van der Waals surface area contributed by atoms with Crippen molar-refractivity contribution in [2.75, 3.05) is 12.4 Å². The average molecular weight is 181 g/mol. The molecular weight excluding hydrogens is 162 g/mol. The molecule has 0 unspecified atom stereocenters. The first-order valence-electron chi connectivity index (χ1n) is 4.73. The lowest BCUT2D eigenvalue weighted by Crippen LogP contribution is -1.97. The van der Waals surface area contributed by atoms with Crippen LogP contribution in [0, 0.1) is 0 Å². The van der Waals surface area contributed by atoms with Gasteiger partial charge in [-0.25, -0.2) is 4.98 Å². The second-order valence-electron chi connectivity index (χ2n) is 2.73. The van der Waals surface area contributed by atoms with Gasteiger partial charge in [-0.3, -0.25) is 4.98 Å². The van der Waals surface area contributed by atoms with Gasteiger partial charge in [-0.15, -0.1) is 0 Å². The summed E-state index contributed by atoms with van der Waals surface area (Å²) >= 11 is 0. The second kappa shape index (κ2) is 6.40. The van der Waals surface area contributed by atoms with Gasteiger partial charge in [0.25, 0.3) is 0 Å². The van der Waals surface area contributed by atoms with Crippen molar-refractivity contribution in [2.45, 2.75) is 33.6 Å². The minimum atomic E-state index is 0.452. The number of anilines is 1. The van der Waals surface area contributed by atoms with E-state index in [2.05, 4.69) is 29.1 Å². The Balaban J connectivity index is 0.000000671. The monoisotopic (exact) mass is 181 g/mol. The molecular formula is C10H19N3. The molecule has 0 spiro atoms. The molecule has 1 aromatic heterocycles. The van der Waals surface area contributed by atoms with Crippen LogP contribution in [0.25, 0.3) is 0 Å². The highest BCUT2D eigenvalue weighted by atomic mass is 15.0. The highest BCUT2D eigenvalue weighted by Gasteiger charge is 1.99. The van der Waals surface area contributed by atoms with E-state index in [0.717, 1.165) is 11.5 Å². The van der Waals surface area contributed by atoms with Crippen LogP contribution >= 0.6 is 0 Å². The van der Waals surface area contributed by atoms with Crippen LogP contribution < -0.4 is 5.32 Å². The molecule has 0 aliphatic rings. The number of hydrogen-bond donors (Lipinski definition) is 1. The fourth-order valence-corrected chi connectivity index (χ4v) is 0.765. The number of rotatable bonds is 2. The Morgan fingerprint density at radius 2 is 1.77 bits per heavy atom. The largest absolute Gasteiger partial charge is 0.372 e. The topological polar surface area (TPSA) is 37.8 Å². The zero-order valence-corrected chi connectivity index (χ0v) is 9.13. The van der Waals surface area contributed by atoms with Crippen LogP contribution in [0.4, 0.5) is 5.82 Å². The van der Waals surface area contributed by atoms with E-state index in [0.29, 0.717) is 5.92 Å². The zero-order chi connectivity index (χ0) is 10.3. The summed E-state index contributed by atoms with van der Waals surface area (Å²) < 4.78 is 0. The van der Waals surface area contributed by atoms with Gasteiger partial charge in [0.05, 0.1) is 18.1 Å². The Bertz CT molecular complexity index is 216. The third kappa shape index (κ3) is 3.87. The van der Waals surface area contributed by atoms with E-state index >= 15 is 0 Å². The first-order valence-corrected chi connectivity index (χ1v) is 4.73. The molecule has 3 nitrogen and oxygen atoms in total. The molecule has 0 fully saturated rings. The molecule has 13 heavy (non-hydrogen) atoms. The highest BCUT2D eigenvalue weighted by Crippen LogP contribution is 2.10. The van der Waals surface area contributed by atoms with Crippen molar-refractivity contribution in [3.05, 3.63) is 18.1 Å². The Hall–Kier alpha value is -1.12. The smallest absolute Gasteiger partial charge is 0.144 e. The minimum absolute atomic E-state index is 0.452. The summed E-state index contributed by atoms with van der Waals surface area (Å²) in [5, 5.41) is 2.92. The standard InChI is InChI=1S/C8H13N3.C2H6/c1-6(2)7-4-11-8(9-3)5-10-7;1-2/h4-6H,1-3H3,(H,9,11);1-2H3. The van der Waals surface area contributed by atoms with Crippen molar-refractivity contribution >= 4 is 5.82 Å². The Labute approximate surface area is 80.6 Å². The number of nitrogens with zero attached hydrogens (tertiary/aromatic N) is 2. The van der Waals surface area contributed by atoms with Crippen LogP contribution in [0.1, 0.15) is 39.3 Å². The van der Waals surface area contributed by atoms with E-state index in [1.807, 2.05) is 20.9 Å². The maximum atomic E-state index is 4.22. The minimum Gasteiger partial charge on any atom is -0.372 e. The molecule has 0 amide bonds. The van der Waals surface area contributed by atoms with Crippen LogP contribution in [0.2, 0.25) is 0 Å². The highest BCUT2D eigenvalue weighted by molar-refractivity contribution is 5.29. The van der Waals surface area contributed by atoms with Gasteiger partial charge in [-0.2, -0.15) is 0 Å². The maximum absolute atomic E-state index is 4.22. The van der Waals surface area contributed by atoms with Gasteiger partial charge in [0.15, 0.2) is 0 Å². The molecule has 0 radical (unpaired) electrons. The lowest BCUT2D eigenvalue weighted by Gasteiger charge is -2.03. The average Bonchev–Trinajstić information content (AvgIpc) is 2.21. The summed E-state index contributed by atoms with van der Waals surface area (Å²) in [7, 11) is 1.83. The molecule has 0 aliphatic heterocycles. The van der Waals surface area contributed by atoms with E-state index in [4.69, 9.17) is 0 Å². The normalized spacial score (nSPS) is 9.08. The van der Waals surface area contributed by atoms with Gasteiger partial charge in [0.2, 0.25) is 0 Å². The molecule has 0 aromatic carbocycles. The number of nitrogens with one attached hydrogen (secondary N) is 1. The zero-order valence-electron chi connectivity index (χ0n) is 9.13. The van der Waals surface area contributed by atoms with Crippen LogP contribution in [0.15, 0.2) is 12.4 Å². The second-order valence-corrected chi connectivity index (χ2v) is 2.73. The van der Waals surface area contributed by atoms with E-state index < -0.39 is 0 Å². The molecule has 0 atom stereocenters. The third-order valence-corrected chi connectivity index (χ3v) is 1.52. The van der Waals surface area contributed by atoms with Crippen LogP contribution in [0.3, 0.4) is 0 Å². The molecule has 74 valence electrons. The van der Waals surface area contributed by atoms with Gasteiger partial charge in [-0.05, 0) is 5.92 Å². The number of hydrogen-bond acceptors (Lipinski definition) is 3. The molecule has 0 saturated carbocycles. The molecule has 1 rings (SSSR count). The predicted octanol–water partition coefficient (Wildman–Crippen LogP) is 2.67. The van der Waals surface area contributed by atoms with E-state index in [9.17, 15) is 0 Å². The Morgan fingerprint density at radius 3 is 2.08 bits per heavy atom.